The summed E-state index contributed by atoms with van der Waals surface area (Å²) in [6, 6.07) is 4.99. The minimum atomic E-state index is -0.201. The van der Waals surface area contributed by atoms with E-state index in [2.05, 4.69) is 9.55 Å². The summed E-state index contributed by atoms with van der Waals surface area (Å²) >= 11 is 0. The van der Waals surface area contributed by atoms with E-state index in [0.29, 0.717) is 30.0 Å². The monoisotopic (exact) mass is 365 g/mol. The molecular weight excluding hydrogens is 342 g/mol. The van der Waals surface area contributed by atoms with E-state index in [1.807, 2.05) is 38.5 Å². The van der Waals surface area contributed by atoms with Crippen molar-refractivity contribution in [1.29, 1.82) is 0 Å². The molecule has 0 saturated carbocycles. The number of likely N-dealkylation sites (tertiary alicyclic amines) is 1. The molecule has 0 bridgehead atoms. The molecule has 1 aliphatic rings. The first kappa shape index (κ1) is 17.5. The maximum Gasteiger partial charge on any atom is 0.289 e. The Hall–Kier alpha value is -2.89. The van der Waals surface area contributed by atoms with E-state index in [4.69, 9.17) is 4.42 Å². The van der Waals surface area contributed by atoms with Crippen LogP contribution in [0.1, 0.15) is 34.5 Å². The molecule has 3 heterocycles. The summed E-state index contributed by atoms with van der Waals surface area (Å²) in [6.07, 6.45) is 7.43. The van der Waals surface area contributed by atoms with Gasteiger partial charge < -0.3 is 13.9 Å². The zero-order chi connectivity index (χ0) is 19.0. The largest absolute Gasteiger partial charge is 0.451 e. The van der Waals surface area contributed by atoms with Gasteiger partial charge in [0.05, 0.1) is 11.7 Å². The second kappa shape index (κ2) is 7.02. The van der Waals surface area contributed by atoms with Crippen molar-refractivity contribution in [2.45, 2.75) is 33.2 Å². The van der Waals surface area contributed by atoms with Crippen LogP contribution in [0.3, 0.4) is 0 Å². The number of benzene rings is 1. The van der Waals surface area contributed by atoms with E-state index >= 15 is 0 Å². The van der Waals surface area contributed by atoms with Crippen molar-refractivity contribution in [3.63, 3.8) is 0 Å². The Morgan fingerprint density at radius 2 is 1.93 bits per heavy atom. The van der Waals surface area contributed by atoms with Crippen LogP contribution in [0.25, 0.3) is 11.0 Å². The van der Waals surface area contributed by atoms with Gasteiger partial charge in [-0.3, -0.25) is 9.59 Å². The van der Waals surface area contributed by atoms with Crippen molar-refractivity contribution < 1.29 is 9.21 Å². The number of imidazole rings is 1. The third-order valence-electron chi connectivity index (χ3n) is 5.48. The van der Waals surface area contributed by atoms with Gasteiger partial charge in [0.2, 0.25) is 0 Å². The van der Waals surface area contributed by atoms with E-state index in [-0.39, 0.29) is 17.1 Å². The van der Waals surface area contributed by atoms with Crippen LogP contribution in [0.4, 0.5) is 0 Å². The minimum absolute atomic E-state index is 0.129. The number of carbonyl (C=O) groups is 1. The molecule has 0 atom stereocenters. The number of hydrogen-bond donors (Lipinski definition) is 0. The van der Waals surface area contributed by atoms with Crippen LogP contribution in [0.5, 0.6) is 0 Å². The van der Waals surface area contributed by atoms with Gasteiger partial charge in [-0.1, -0.05) is 0 Å². The number of aromatic nitrogens is 2. The molecule has 140 valence electrons. The van der Waals surface area contributed by atoms with Gasteiger partial charge in [-0.15, -0.1) is 0 Å². The summed E-state index contributed by atoms with van der Waals surface area (Å²) in [6.45, 7) is 6.20. The molecule has 4 rings (SSSR count). The highest BCUT2D eigenvalue weighted by molar-refractivity contribution is 5.93. The molecule has 0 spiro atoms. The Labute approximate surface area is 157 Å². The summed E-state index contributed by atoms with van der Waals surface area (Å²) in [7, 11) is 0. The molecule has 1 amide bonds. The van der Waals surface area contributed by atoms with Gasteiger partial charge in [-0.2, -0.15) is 0 Å². The van der Waals surface area contributed by atoms with Gasteiger partial charge >= 0.3 is 0 Å². The fourth-order valence-corrected chi connectivity index (χ4v) is 3.68. The topological polar surface area (TPSA) is 68.3 Å². The summed E-state index contributed by atoms with van der Waals surface area (Å²) < 4.78 is 7.88. The molecule has 0 radical (unpaired) electrons. The molecule has 3 aromatic rings. The van der Waals surface area contributed by atoms with Crippen LogP contribution in [0.15, 0.2) is 46.1 Å². The van der Waals surface area contributed by atoms with E-state index in [0.717, 1.165) is 30.5 Å². The van der Waals surface area contributed by atoms with Crippen LogP contribution in [0.2, 0.25) is 0 Å². The Morgan fingerprint density at radius 3 is 2.63 bits per heavy atom. The molecule has 1 aliphatic heterocycles. The molecule has 1 fully saturated rings. The lowest BCUT2D eigenvalue weighted by molar-refractivity contribution is 0.0651. The first-order valence-electron chi connectivity index (χ1n) is 9.31. The zero-order valence-electron chi connectivity index (χ0n) is 15.6. The molecule has 0 aliphatic carbocycles. The first-order valence-corrected chi connectivity index (χ1v) is 9.31. The van der Waals surface area contributed by atoms with Gasteiger partial charge in [0, 0.05) is 38.1 Å². The lowest BCUT2D eigenvalue weighted by Crippen LogP contribution is -2.39. The number of carbonyl (C=O) groups excluding carboxylic acids is 1. The zero-order valence-corrected chi connectivity index (χ0v) is 15.6. The van der Waals surface area contributed by atoms with Crippen LogP contribution in [-0.2, 0) is 6.54 Å². The van der Waals surface area contributed by atoms with Gasteiger partial charge in [-0.25, -0.2) is 4.98 Å². The SMILES string of the molecule is Cc1cc2oc(C(=O)N3CCC(Cn4ccnc4)CC3)cc(=O)c2cc1C. The Morgan fingerprint density at radius 1 is 1.19 bits per heavy atom. The molecule has 0 N–H and O–H groups in total. The van der Waals surface area contributed by atoms with Crippen molar-refractivity contribution in [2.24, 2.45) is 5.92 Å². The number of nitrogens with zero attached hydrogens (tertiary/aromatic N) is 3. The minimum Gasteiger partial charge on any atom is -0.451 e. The van der Waals surface area contributed by atoms with Crippen LogP contribution in [0, 0.1) is 19.8 Å². The predicted molar refractivity (Wildman–Crippen MR) is 103 cm³/mol. The molecule has 1 saturated heterocycles. The predicted octanol–water partition coefficient (Wildman–Crippen LogP) is 3.16. The standard InChI is InChI=1S/C21H23N3O3/c1-14-9-17-18(25)11-20(27-19(17)10-15(14)2)21(26)24-6-3-16(4-7-24)12-23-8-5-22-13-23/h5,8-11,13,16H,3-4,6-7,12H2,1-2H3. The molecule has 1 aromatic carbocycles. The van der Waals surface area contributed by atoms with Crippen molar-refractivity contribution in [2.75, 3.05) is 13.1 Å². The molecular formula is C21H23N3O3. The van der Waals surface area contributed by atoms with Gasteiger partial charge in [-0.05, 0) is 55.9 Å². The van der Waals surface area contributed by atoms with Crippen molar-refractivity contribution in [1.82, 2.24) is 14.5 Å². The van der Waals surface area contributed by atoms with E-state index < -0.39 is 0 Å². The summed E-state index contributed by atoms with van der Waals surface area (Å²) in [5.41, 5.74) is 2.38. The summed E-state index contributed by atoms with van der Waals surface area (Å²) in [5, 5.41) is 0.522. The average molecular weight is 365 g/mol. The Bertz CT molecular complexity index is 1030. The number of fused-ring (bicyclic) bond motifs is 1. The Balaban J connectivity index is 1.50. The van der Waals surface area contributed by atoms with Crippen molar-refractivity contribution in [3.05, 3.63) is 64.0 Å². The number of rotatable bonds is 3. The fourth-order valence-electron chi connectivity index (χ4n) is 3.68. The number of hydrogen-bond acceptors (Lipinski definition) is 4. The smallest absolute Gasteiger partial charge is 0.289 e. The van der Waals surface area contributed by atoms with Crippen molar-refractivity contribution in [3.8, 4) is 0 Å². The number of piperidine rings is 1. The molecule has 2 aromatic heterocycles. The molecule has 6 heteroatoms. The van der Waals surface area contributed by atoms with E-state index in [1.54, 1.807) is 11.1 Å². The second-order valence-corrected chi connectivity index (χ2v) is 7.40. The highest BCUT2D eigenvalue weighted by Crippen LogP contribution is 2.22. The summed E-state index contributed by atoms with van der Waals surface area (Å²) in [5.74, 6) is 0.453. The molecule has 27 heavy (non-hydrogen) atoms. The number of amides is 1. The van der Waals surface area contributed by atoms with Gasteiger partial charge in [0.15, 0.2) is 11.2 Å². The van der Waals surface area contributed by atoms with Crippen molar-refractivity contribution >= 4 is 16.9 Å². The maximum atomic E-state index is 12.8. The number of aryl methyl sites for hydroxylation is 2. The third kappa shape index (κ3) is 3.52. The highest BCUT2D eigenvalue weighted by Gasteiger charge is 2.26. The Kier molecular flexibility index (Phi) is 4.56. The third-order valence-corrected chi connectivity index (χ3v) is 5.48. The van der Waals surface area contributed by atoms with E-state index in [9.17, 15) is 9.59 Å². The summed E-state index contributed by atoms with van der Waals surface area (Å²) in [4.78, 5) is 31.1. The van der Waals surface area contributed by atoms with Gasteiger partial charge in [0.1, 0.15) is 5.58 Å². The lowest BCUT2D eigenvalue weighted by atomic mass is 9.96. The molecule has 6 nitrogen and oxygen atoms in total. The fraction of sp³-hybridized carbons (Fsp3) is 0.381. The highest BCUT2D eigenvalue weighted by atomic mass is 16.3. The second-order valence-electron chi connectivity index (χ2n) is 7.40. The van der Waals surface area contributed by atoms with E-state index in [1.165, 1.54) is 6.07 Å². The van der Waals surface area contributed by atoms with Crippen LogP contribution in [-0.4, -0.2) is 33.4 Å². The molecule has 0 unspecified atom stereocenters. The van der Waals surface area contributed by atoms with Gasteiger partial charge in [0.25, 0.3) is 5.91 Å². The maximum absolute atomic E-state index is 12.8. The van der Waals surface area contributed by atoms with Crippen LogP contribution < -0.4 is 5.43 Å². The normalized spacial score (nSPS) is 15.4. The average Bonchev–Trinajstić information content (AvgIpc) is 3.16. The van der Waals surface area contributed by atoms with Crippen LogP contribution >= 0.6 is 0 Å². The lowest BCUT2D eigenvalue weighted by Gasteiger charge is -2.31. The quantitative estimate of drug-likeness (QED) is 0.715. The first-order chi connectivity index (χ1) is 13.0.